The molecule has 1 N–H and O–H groups in total. The number of aromatic nitrogens is 1. The molecule has 0 unspecified atom stereocenters. The van der Waals surface area contributed by atoms with Gasteiger partial charge in [-0.25, -0.2) is 4.79 Å². The Balaban J connectivity index is 2.96. The number of thiophene rings is 1. The molecule has 0 aromatic carbocycles. The van der Waals surface area contributed by atoms with Gasteiger partial charge in [0, 0.05) is 11.9 Å². The molecule has 0 aliphatic heterocycles. The van der Waals surface area contributed by atoms with E-state index in [0.29, 0.717) is 10.2 Å². The van der Waals surface area contributed by atoms with Crippen LogP contribution < -0.4 is 5.56 Å². The zero-order chi connectivity index (χ0) is 12.7. The summed E-state index contributed by atoms with van der Waals surface area (Å²) >= 11 is 1.39. The lowest BCUT2D eigenvalue weighted by Crippen LogP contribution is -2.24. The Hall–Kier alpha value is -1.82. The third kappa shape index (κ3) is 1.61. The van der Waals surface area contributed by atoms with Crippen molar-refractivity contribution in [2.24, 2.45) is 7.05 Å². The summed E-state index contributed by atoms with van der Waals surface area (Å²) in [6.45, 7) is 1.87. The van der Waals surface area contributed by atoms with E-state index < -0.39 is 11.5 Å². The summed E-state index contributed by atoms with van der Waals surface area (Å²) in [4.78, 5) is 25.0. The number of methoxy groups -OCH3 is 1. The number of hydrogen-bond acceptors (Lipinski definition) is 5. The second-order valence-corrected chi connectivity index (χ2v) is 4.89. The first kappa shape index (κ1) is 11.7. The molecule has 2 aromatic heterocycles. The molecule has 0 radical (unpaired) electrons. The van der Waals surface area contributed by atoms with Gasteiger partial charge in [-0.15, -0.1) is 11.3 Å². The predicted molar refractivity (Wildman–Crippen MR) is 64.8 cm³/mol. The van der Waals surface area contributed by atoms with Crippen molar-refractivity contribution >= 4 is 27.5 Å². The van der Waals surface area contributed by atoms with Crippen molar-refractivity contribution < 1.29 is 14.6 Å². The predicted octanol–water partition coefficient (Wildman–Crippen LogP) is 1.40. The number of pyridine rings is 1. The second-order valence-electron chi connectivity index (χ2n) is 3.66. The van der Waals surface area contributed by atoms with Crippen molar-refractivity contribution in [3.8, 4) is 5.75 Å². The van der Waals surface area contributed by atoms with Gasteiger partial charge in [-0.2, -0.15) is 0 Å². The first-order valence-electron chi connectivity index (χ1n) is 4.87. The van der Waals surface area contributed by atoms with Gasteiger partial charge in [0.05, 0.1) is 12.5 Å². The van der Waals surface area contributed by atoms with Crippen LogP contribution >= 0.6 is 11.3 Å². The highest BCUT2D eigenvalue weighted by Gasteiger charge is 2.22. The van der Waals surface area contributed by atoms with E-state index in [4.69, 9.17) is 0 Å². The molecule has 90 valence electrons. The minimum absolute atomic E-state index is 0.306. The van der Waals surface area contributed by atoms with Gasteiger partial charge in [0.25, 0.3) is 5.56 Å². The number of aromatic hydroxyl groups is 1. The summed E-state index contributed by atoms with van der Waals surface area (Å²) in [5.41, 5.74) is -0.871. The zero-order valence-corrected chi connectivity index (χ0v) is 10.4. The minimum Gasteiger partial charge on any atom is -0.506 e. The van der Waals surface area contributed by atoms with E-state index in [-0.39, 0.29) is 11.3 Å². The summed E-state index contributed by atoms with van der Waals surface area (Å²) in [6, 6.07) is 1.74. The van der Waals surface area contributed by atoms with Crippen molar-refractivity contribution in [2.45, 2.75) is 6.92 Å². The van der Waals surface area contributed by atoms with Crippen LogP contribution in [0, 0.1) is 6.92 Å². The third-order valence-corrected chi connectivity index (χ3v) is 3.67. The zero-order valence-electron chi connectivity index (χ0n) is 9.60. The fourth-order valence-electron chi connectivity index (χ4n) is 1.70. The summed E-state index contributed by atoms with van der Waals surface area (Å²) < 4.78 is 5.85. The van der Waals surface area contributed by atoms with Crippen LogP contribution in [0.15, 0.2) is 10.9 Å². The van der Waals surface area contributed by atoms with Gasteiger partial charge in [0.2, 0.25) is 0 Å². The number of esters is 1. The summed E-state index contributed by atoms with van der Waals surface area (Å²) in [5.74, 6) is -1.13. The molecule has 0 saturated heterocycles. The number of carbonyl (C=O) groups excluding carboxylic acids is 1. The van der Waals surface area contributed by atoms with E-state index in [2.05, 4.69) is 4.74 Å². The van der Waals surface area contributed by atoms with Crippen LogP contribution in [0.3, 0.4) is 0 Å². The van der Waals surface area contributed by atoms with Gasteiger partial charge in [0.1, 0.15) is 10.6 Å². The quantitative estimate of drug-likeness (QED) is 0.780. The number of carbonyl (C=O) groups is 1. The first-order valence-corrected chi connectivity index (χ1v) is 5.69. The highest BCUT2D eigenvalue weighted by atomic mass is 32.1. The number of nitrogens with zero attached hydrogens (tertiary/aromatic N) is 1. The molecular weight excluding hydrogens is 242 g/mol. The molecule has 5 nitrogen and oxygen atoms in total. The van der Waals surface area contributed by atoms with Gasteiger partial charge >= 0.3 is 5.97 Å². The average molecular weight is 253 g/mol. The largest absolute Gasteiger partial charge is 0.506 e. The van der Waals surface area contributed by atoms with Crippen molar-refractivity contribution in [3.05, 3.63) is 26.9 Å². The van der Waals surface area contributed by atoms with E-state index in [1.54, 1.807) is 13.1 Å². The molecule has 0 saturated carbocycles. The Morgan fingerprint density at radius 3 is 2.76 bits per heavy atom. The molecule has 0 amide bonds. The topological polar surface area (TPSA) is 68.5 Å². The smallest absolute Gasteiger partial charge is 0.347 e. The van der Waals surface area contributed by atoms with Crippen LogP contribution in [0.5, 0.6) is 5.75 Å². The third-order valence-electron chi connectivity index (χ3n) is 2.54. The Kier molecular flexibility index (Phi) is 2.66. The SMILES string of the molecule is COC(=O)c1c(O)c2cc(C)sc2n(C)c1=O. The summed E-state index contributed by atoms with van der Waals surface area (Å²) in [5, 5.41) is 10.5. The molecular formula is C11H11NO4S. The number of hydrogen-bond donors (Lipinski definition) is 1. The molecule has 0 bridgehead atoms. The highest BCUT2D eigenvalue weighted by molar-refractivity contribution is 7.18. The molecule has 2 aromatic rings. The molecule has 0 aliphatic rings. The van der Waals surface area contributed by atoms with Gasteiger partial charge in [-0.05, 0) is 13.0 Å². The number of fused-ring (bicyclic) bond motifs is 1. The van der Waals surface area contributed by atoms with Gasteiger partial charge < -0.3 is 14.4 Å². The monoisotopic (exact) mass is 253 g/mol. The standard InChI is InChI=1S/C11H11NO4S/c1-5-4-6-8(13)7(11(15)16-3)9(14)12(2)10(6)17-5/h4,13H,1-3H3. The van der Waals surface area contributed by atoms with Crippen LogP contribution in [0.25, 0.3) is 10.2 Å². The van der Waals surface area contributed by atoms with Crippen molar-refractivity contribution in [3.63, 3.8) is 0 Å². The van der Waals surface area contributed by atoms with Gasteiger partial charge in [-0.3, -0.25) is 4.79 Å². The number of rotatable bonds is 1. The maximum atomic E-state index is 11.9. The second kappa shape index (κ2) is 3.89. The molecule has 0 spiro atoms. The first-order chi connectivity index (χ1) is 7.97. The van der Waals surface area contributed by atoms with E-state index in [1.807, 2.05) is 6.92 Å². The van der Waals surface area contributed by atoms with Crippen molar-refractivity contribution in [1.82, 2.24) is 4.57 Å². The maximum absolute atomic E-state index is 11.9. The molecule has 2 rings (SSSR count). The number of ether oxygens (including phenoxy) is 1. The van der Waals surface area contributed by atoms with E-state index in [9.17, 15) is 14.7 Å². The van der Waals surface area contributed by atoms with E-state index >= 15 is 0 Å². The molecule has 0 atom stereocenters. The van der Waals surface area contributed by atoms with Crippen LogP contribution in [0.2, 0.25) is 0 Å². The molecule has 0 aliphatic carbocycles. The van der Waals surface area contributed by atoms with Crippen LogP contribution in [-0.2, 0) is 11.8 Å². The average Bonchev–Trinajstić information content (AvgIpc) is 2.68. The van der Waals surface area contributed by atoms with E-state index in [1.165, 1.54) is 23.0 Å². The molecule has 6 heteroatoms. The maximum Gasteiger partial charge on any atom is 0.347 e. The normalized spacial score (nSPS) is 10.8. The van der Waals surface area contributed by atoms with Crippen LogP contribution in [0.1, 0.15) is 15.2 Å². The minimum atomic E-state index is -0.825. The fourth-order valence-corrected chi connectivity index (χ4v) is 2.67. The highest BCUT2D eigenvalue weighted by Crippen LogP contribution is 2.32. The van der Waals surface area contributed by atoms with E-state index in [0.717, 1.165) is 4.88 Å². The van der Waals surface area contributed by atoms with Crippen LogP contribution in [0.4, 0.5) is 0 Å². The Labute approximate surface area is 101 Å². The molecule has 0 fully saturated rings. The Morgan fingerprint density at radius 2 is 2.18 bits per heavy atom. The van der Waals surface area contributed by atoms with Crippen LogP contribution in [-0.4, -0.2) is 22.8 Å². The lowest BCUT2D eigenvalue weighted by molar-refractivity contribution is 0.0595. The lowest BCUT2D eigenvalue weighted by atomic mass is 10.2. The van der Waals surface area contributed by atoms with Gasteiger partial charge in [-0.1, -0.05) is 0 Å². The molecule has 17 heavy (non-hydrogen) atoms. The van der Waals surface area contributed by atoms with Crippen molar-refractivity contribution in [1.29, 1.82) is 0 Å². The van der Waals surface area contributed by atoms with Crippen molar-refractivity contribution in [2.75, 3.05) is 7.11 Å². The number of aryl methyl sites for hydroxylation is 2. The fraction of sp³-hybridized carbons (Fsp3) is 0.273. The molecule has 2 heterocycles. The Morgan fingerprint density at radius 1 is 1.53 bits per heavy atom. The van der Waals surface area contributed by atoms with Gasteiger partial charge in [0.15, 0.2) is 5.56 Å². The Bertz CT molecular complexity index is 668. The lowest BCUT2D eigenvalue weighted by Gasteiger charge is -2.06. The summed E-state index contributed by atoms with van der Waals surface area (Å²) in [7, 11) is 2.73. The summed E-state index contributed by atoms with van der Waals surface area (Å²) in [6.07, 6.45) is 0.